The van der Waals surface area contributed by atoms with E-state index in [0.717, 1.165) is 25.9 Å². The number of benzene rings is 2. The van der Waals surface area contributed by atoms with Gasteiger partial charge >= 0.3 is 0 Å². The van der Waals surface area contributed by atoms with E-state index in [9.17, 15) is 14.0 Å². The van der Waals surface area contributed by atoms with E-state index in [-0.39, 0.29) is 16.8 Å². The zero-order chi connectivity index (χ0) is 19.9. The highest BCUT2D eigenvalue weighted by atomic mass is 32.1. The van der Waals surface area contributed by atoms with Crippen molar-refractivity contribution in [1.29, 1.82) is 0 Å². The molecule has 5 nitrogen and oxygen atoms in total. The summed E-state index contributed by atoms with van der Waals surface area (Å²) >= 11 is 5.19. The van der Waals surface area contributed by atoms with Crippen molar-refractivity contribution in [2.45, 2.75) is 12.8 Å². The van der Waals surface area contributed by atoms with E-state index in [1.54, 1.807) is 42.5 Å². The molecule has 0 aromatic heterocycles. The number of nitrogens with zero attached hydrogens (tertiary/aromatic N) is 1. The highest BCUT2D eigenvalue weighted by molar-refractivity contribution is 7.80. The van der Waals surface area contributed by atoms with Crippen molar-refractivity contribution in [3.63, 3.8) is 0 Å². The van der Waals surface area contributed by atoms with Gasteiger partial charge in [0.1, 0.15) is 5.82 Å². The first-order chi connectivity index (χ1) is 13.5. The van der Waals surface area contributed by atoms with Crippen LogP contribution in [0.1, 0.15) is 28.8 Å². The van der Waals surface area contributed by atoms with Gasteiger partial charge in [-0.05, 0) is 61.0 Å². The van der Waals surface area contributed by atoms with Crippen LogP contribution in [0.2, 0.25) is 0 Å². The zero-order valence-corrected chi connectivity index (χ0v) is 16.0. The SMILES string of the molecule is O=C(/C=C/c1ccc(F)cc1)NC(=S)Nc1ccccc1C(=O)N1CCCC1. The fourth-order valence-electron chi connectivity index (χ4n) is 2.92. The number of thiocarbonyl (C=S) groups is 1. The van der Waals surface area contributed by atoms with Crippen LogP contribution in [-0.4, -0.2) is 34.9 Å². The highest BCUT2D eigenvalue weighted by Gasteiger charge is 2.21. The first-order valence-corrected chi connectivity index (χ1v) is 9.38. The number of rotatable bonds is 4. The third kappa shape index (κ3) is 5.23. The number of para-hydroxylation sites is 1. The lowest BCUT2D eigenvalue weighted by Gasteiger charge is -2.18. The van der Waals surface area contributed by atoms with Crippen LogP contribution >= 0.6 is 12.2 Å². The summed E-state index contributed by atoms with van der Waals surface area (Å²) in [5, 5.41) is 5.55. The lowest BCUT2D eigenvalue weighted by atomic mass is 10.1. The van der Waals surface area contributed by atoms with Crippen LogP contribution in [0.15, 0.2) is 54.6 Å². The smallest absolute Gasteiger partial charge is 0.255 e. The van der Waals surface area contributed by atoms with Gasteiger partial charge in [0.25, 0.3) is 5.91 Å². The van der Waals surface area contributed by atoms with Crippen molar-refractivity contribution in [3.05, 3.63) is 71.6 Å². The third-order valence-electron chi connectivity index (χ3n) is 4.33. The van der Waals surface area contributed by atoms with Crippen LogP contribution in [0.3, 0.4) is 0 Å². The summed E-state index contributed by atoms with van der Waals surface area (Å²) in [6.07, 6.45) is 4.89. The highest BCUT2D eigenvalue weighted by Crippen LogP contribution is 2.20. The molecule has 3 rings (SSSR count). The normalized spacial score (nSPS) is 13.5. The number of anilines is 1. The summed E-state index contributed by atoms with van der Waals surface area (Å²) in [6.45, 7) is 1.51. The molecule has 2 aromatic rings. The molecule has 0 radical (unpaired) electrons. The van der Waals surface area contributed by atoms with Crippen molar-refractivity contribution in [1.82, 2.24) is 10.2 Å². The molecule has 1 aliphatic rings. The number of carbonyl (C=O) groups excluding carboxylic acids is 2. The number of hydrogen-bond acceptors (Lipinski definition) is 3. The molecule has 144 valence electrons. The van der Waals surface area contributed by atoms with Crippen LogP contribution < -0.4 is 10.6 Å². The topological polar surface area (TPSA) is 61.4 Å². The first-order valence-electron chi connectivity index (χ1n) is 8.97. The van der Waals surface area contributed by atoms with Crippen LogP contribution in [0.25, 0.3) is 6.08 Å². The molecule has 1 aliphatic heterocycles. The van der Waals surface area contributed by atoms with Gasteiger partial charge in [0, 0.05) is 19.2 Å². The quantitative estimate of drug-likeness (QED) is 0.611. The molecule has 0 aliphatic carbocycles. The molecule has 0 atom stereocenters. The van der Waals surface area contributed by atoms with Crippen LogP contribution in [0, 0.1) is 5.82 Å². The summed E-state index contributed by atoms with van der Waals surface area (Å²) in [5.41, 5.74) is 1.76. The molecule has 7 heteroatoms. The summed E-state index contributed by atoms with van der Waals surface area (Å²) in [7, 11) is 0. The van der Waals surface area contributed by atoms with E-state index in [0.29, 0.717) is 16.8 Å². The van der Waals surface area contributed by atoms with E-state index >= 15 is 0 Å². The molecular formula is C21H20FN3O2S. The largest absolute Gasteiger partial charge is 0.339 e. The second-order valence-corrected chi connectivity index (χ2v) is 6.78. The predicted octanol–water partition coefficient (Wildman–Crippen LogP) is 3.59. The first kappa shape index (κ1) is 19.7. The van der Waals surface area contributed by atoms with Crippen molar-refractivity contribution in [2.75, 3.05) is 18.4 Å². The molecule has 0 bridgehead atoms. The summed E-state index contributed by atoms with van der Waals surface area (Å²) in [6, 6.07) is 12.8. The van der Waals surface area contributed by atoms with Crippen LogP contribution in [-0.2, 0) is 4.79 Å². The van der Waals surface area contributed by atoms with Crippen molar-refractivity contribution >= 4 is 40.9 Å². The number of carbonyl (C=O) groups is 2. The van der Waals surface area contributed by atoms with Gasteiger partial charge in [-0.1, -0.05) is 24.3 Å². The second kappa shape index (κ2) is 9.23. The van der Waals surface area contributed by atoms with Gasteiger partial charge in [0.05, 0.1) is 11.3 Å². The monoisotopic (exact) mass is 397 g/mol. The average Bonchev–Trinajstić information content (AvgIpc) is 3.22. The molecule has 2 amide bonds. The lowest BCUT2D eigenvalue weighted by Crippen LogP contribution is -2.34. The summed E-state index contributed by atoms with van der Waals surface area (Å²) < 4.78 is 12.9. The van der Waals surface area contributed by atoms with E-state index in [2.05, 4.69) is 10.6 Å². The van der Waals surface area contributed by atoms with Crippen molar-refractivity contribution in [3.8, 4) is 0 Å². The Labute approximate surface area is 168 Å². The molecule has 2 N–H and O–H groups in total. The van der Waals surface area contributed by atoms with E-state index in [4.69, 9.17) is 12.2 Å². The minimum absolute atomic E-state index is 0.0501. The van der Waals surface area contributed by atoms with Gasteiger partial charge in [-0.25, -0.2) is 4.39 Å². The van der Waals surface area contributed by atoms with Gasteiger partial charge in [0.15, 0.2) is 5.11 Å². The van der Waals surface area contributed by atoms with E-state index < -0.39 is 5.91 Å². The average molecular weight is 397 g/mol. The Morgan fingerprint density at radius 1 is 1.04 bits per heavy atom. The fourth-order valence-corrected chi connectivity index (χ4v) is 3.13. The van der Waals surface area contributed by atoms with Gasteiger partial charge in [-0.2, -0.15) is 0 Å². The Morgan fingerprint density at radius 2 is 1.71 bits per heavy atom. The second-order valence-electron chi connectivity index (χ2n) is 6.37. The third-order valence-corrected chi connectivity index (χ3v) is 4.54. The molecule has 1 heterocycles. The summed E-state index contributed by atoms with van der Waals surface area (Å²) in [4.78, 5) is 26.5. The molecule has 2 aromatic carbocycles. The van der Waals surface area contributed by atoms with Crippen LogP contribution in [0.5, 0.6) is 0 Å². The molecule has 1 fully saturated rings. The van der Waals surface area contributed by atoms with Gasteiger partial charge in [0.2, 0.25) is 5.91 Å². The lowest BCUT2D eigenvalue weighted by molar-refractivity contribution is -0.115. The maximum absolute atomic E-state index is 12.9. The molecular weight excluding hydrogens is 377 g/mol. The number of halogens is 1. The summed E-state index contributed by atoms with van der Waals surface area (Å²) in [5.74, 6) is -0.815. The molecule has 0 unspecified atom stereocenters. The van der Waals surface area contributed by atoms with E-state index in [1.807, 2.05) is 4.90 Å². The number of hydrogen-bond donors (Lipinski definition) is 2. The van der Waals surface area contributed by atoms with Gasteiger partial charge in [-0.3, -0.25) is 14.9 Å². The number of nitrogens with one attached hydrogen (secondary N) is 2. The Hall–Kier alpha value is -3.06. The maximum Gasteiger partial charge on any atom is 0.255 e. The maximum atomic E-state index is 12.9. The Morgan fingerprint density at radius 3 is 2.43 bits per heavy atom. The number of amides is 2. The molecule has 0 spiro atoms. The Balaban J connectivity index is 1.61. The predicted molar refractivity (Wildman–Crippen MR) is 111 cm³/mol. The minimum Gasteiger partial charge on any atom is -0.339 e. The van der Waals surface area contributed by atoms with E-state index in [1.165, 1.54) is 18.2 Å². The molecule has 1 saturated heterocycles. The fraction of sp³-hybridized carbons (Fsp3) is 0.190. The Bertz CT molecular complexity index is 906. The van der Waals surface area contributed by atoms with Crippen LogP contribution in [0.4, 0.5) is 10.1 Å². The Kier molecular flexibility index (Phi) is 6.49. The number of likely N-dealkylation sites (tertiary alicyclic amines) is 1. The van der Waals surface area contributed by atoms with Gasteiger partial charge in [-0.15, -0.1) is 0 Å². The van der Waals surface area contributed by atoms with Gasteiger partial charge < -0.3 is 10.2 Å². The van der Waals surface area contributed by atoms with Crippen molar-refractivity contribution in [2.24, 2.45) is 0 Å². The standard InChI is InChI=1S/C21H20FN3O2S/c22-16-10-7-15(8-11-16)9-12-19(26)24-21(28)23-18-6-2-1-5-17(18)20(27)25-13-3-4-14-25/h1-2,5-12H,3-4,13-14H2,(H2,23,24,26,28)/b12-9+. The molecule has 0 saturated carbocycles. The zero-order valence-electron chi connectivity index (χ0n) is 15.2. The van der Waals surface area contributed by atoms with Crippen molar-refractivity contribution < 1.29 is 14.0 Å². The minimum atomic E-state index is -0.426. The molecule has 28 heavy (non-hydrogen) atoms.